The van der Waals surface area contributed by atoms with E-state index >= 15 is 0 Å². The molecule has 2 heterocycles. The average molecular weight is 314 g/mol. The summed E-state index contributed by atoms with van der Waals surface area (Å²) in [7, 11) is 0. The first-order valence-electron chi connectivity index (χ1n) is 7.76. The third-order valence-corrected chi connectivity index (χ3v) is 4.36. The molecule has 0 spiro atoms. The molecule has 1 aromatic carbocycles. The van der Waals surface area contributed by atoms with Crippen LogP contribution in [0.3, 0.4) is 0 Å². The highest BCUT2D eigenvalue weighted by Gasteiger charge is 2.27. The molecule has 2 aromatic rings. The summed E-state index contributed by atoms with van der Waals surface area (Å²) in [6.45, 7) is 3.06. The van der Waals surface area contributed by atoms with E-state index in [1.807, 2.05) is 6.07 Å². The van der Waals surface area contributed by atoms with Gasteiger partial charge in [0.05, 0.1) is 0 Å². The van der Waals surface area contributed by atoms with Crippen LogP contribution in [0.25, 0.3) is 0 Å². The summed E-state index contributed by atoms with van der Waals surface area (Å²) in [6, 6.07) is 8.26. The Morgan fingerprint density at radius 1 is 1.35 bits per heavy atom. The molecule has 1 unspecified atom stereocenters. The Balaban J connectivity index is 1.65. The molecule has 1 atom stereocenters. The second-order valence-electron chi connectivity index (χ2n) is 6.14. The van der Waals surface area contributed by atoms with Crippen LogP contribution in [-0.2, 0) is 6.42 Å². The lowest BCUT2D eigenvalue weighted by Crippen LogP contribution is -2.29. The largest absolute Gasteiger partial charge is 0.338 e. The minimum atomic E-state index is -0.276. The predicted octanol–water partition coefficient (Wildman–Crippen LogP) is 2.53. The maximum atomic E-state index is 13.6. The number of hydrogen-bond donors (Lipinski definition) is 1. The number of aromatic amines is 1. The number of aryl methyl sites for hydroxylation is 1. The van der Waals surface area contributed by atoms with Crippen molar-refractivity contribution in [3.8, 4) is 0 Å². The number of benzene rings is 1. The van der Waals surface area contributed by atoms with Crippen LogP contribution in [0.5, 0.6) is 0 Å². The van der Waals surface area contributed by atoms with Gasteiger partial charge in [-0.25, -0.2) is 4.39 Å². The van der Waals surface area contributed by atoms with Crippen molar-refractivity contribution in [2.24, 2.45) is 5.92 Å². The van der Waals surface area contributed by atoms with Gasteiger partial charge in [-0.3, -0.25) is 9.59 Å². The first kappa shape index (κ1) is 15.5. The Morgan fingerprint density at radius 3 is 2.91 bits per heavy atom. The normalized spacial score (nSPS) is 17.5. The van der Waals surface area contributed by atoms with Gasteiger partial charge in [0.15, 0.2) is 0 Å². The van der Waals surface area contributed by atoms with Gasteiger partial charge in [0.1, 0.15) is 5.82 Å². The molecule has 5 heteroatoms. The van der Waals surface area contributed by atoms with Gasteiger partial charge in [0.2, 0.25) is 5.56 Å². The van der Waals surface area contributed by atoms with Crippen molar-refractivity contribution in [1.82, 2.24) is 9.88 Å². The molecule has 0 saturated carbocycles. The van der Waals surface area contributed by atoms with Crippen LogP contribution in [0, 0.1) is 18.7 Å². The molecule has 1 N–H and O–H groups in total. The summed E-state index contributed by atoms with van der Waals surface area (Å²) in [5.74, 6) is 0.0219. The van der Waals surface area contributed by atoms with Crippen molar-refractivity contribution in [1.29, 1.82) is 0 Å². The van der Waals surface area contributed by atoms with E-state index in [-0.39, 0.29) is 17.3 Å². The van der Waals surface area contributed by atoms with E-state index in [2.05, 4.69) is 4.98 Å². The fraction of sp³-hybridized carbons (Fsp3) is 0.333. The SMILES string of the molecule is Cc1ccc(CC2CCN(C(=O)c3cc[nH]c(=O)c3)C2)cc1F. The van der Waals surface area contributed by atoms with Gasteiger partial charge < -0.3 is 9.88 Å². The molecule has 0 radical (unpaired) electrons. The Kier molecular flexibility index (Phi) is 4.28. The van der Waals surface area contributed by atoms with Crippen molar-refractivity contribution >= 4 is 5.91 Å². The van der Waals surface area contributed by atoms with Gasteiger partial charge in [-0.2, -0.15) is 0 Å². The maximum Gasteiger partial charge on any atom is 0.254 e. The van der Waals surface area contributed by atoms with Crippen LogP contribution in [0.15, 0.2) is 41.3 Å². The molecular weight excluding hydrogens is 295 g/mol. The molecule has 1 aliphatic heterocycles. The molecular formula is C18H19FN2O2. The number of amides is 1. The van der Waals surface area contributed by atoms with Crippen LogP contribution in [0.4, 0.5) is 4.39 Å². The molecule has 0 bridgehead atoms. The summed E-state index contributed by atoms with van der Waals surface area (Å²) in [6.07, 6.45) is 3.14. The summed E-state index contributed by atoms with van der Waals surface area (Å²) in [5.41, 5.74) is 1.74. The standard InChI is InChI=1S/C18H19FN2O2/c1-12-2-3-13(9-16(12)19)8-14-5-7-21(11-14)18(23)15-4-6-20-17(22)10-15/h2-4,6,9-10,14H,5,7-8,11H2,1H3,(H,20,22). The highest BCUT2D eigenvalue weighted by Crippen LogP contribution is 2.23. The van der Waals surface area contributed by atoms with E-state index in [0.29, 0.717) is 30.1 Å². The van der Waals surface area contributed by atoms with Gasteiger partial charge in [-0.1, -0.05) is 12.1 Å². The third kappa shape index (κ3) is 3.50. The zero-order valence-corrected chi connectivity index (χ0v) is 13.0. The molecule has 4 nitrogen and oxygen atoms in total. The smallest absolute Gasteiger partial charge is 0.254 e. The van der Waals surface area contributed by atoms with Gasteiger partial charge in [-0.05, 0) is 48.9 Å². The van der Waals surface area contributed by atoms with E-state index in [1.165, 1.54) is 12.3 Å². The number of halogens is 1. The molecule has 0 aliphatic carbocycles. The van der Waals surface area contributed by atoms with Crippen molar-refractivity contribution in [3.05, 3.63) is 69.4 Å². The second kappa shape index (κ2) is 6.36. The van der Waals surface area contributed by atoms with Crippen molar-refractivity contribution < 1.29 is 9.18 Å². The molecule has 1 aromatic heterocycles. The topological polar surface area (TPSA) is 53.2 Å². The zero-order chi connectivity index (χ0) is 16.4. The average Bonchev–Trinajstić information content (AvgIpc) is 2.99. The number of pyridine rings is 1. The number of rotatable bonds is 3. The number of nitrogens with zero attached hydrogens (tertiary/aromatic N) is 1. The van der Waals surface area contributed by atoms with Gasteiger partial charge >= 0.3 is 0 Å². The molecule has 1 aliphatic rings. The fourth-order valence-corrected chi connectivity index (χ4v) is 3.04. The van der Waals surface area contributed by atoms with E-state index in [0.717, 1.165) is 18.4 Å². The Hall–Kier alpha value is -2.43. The number of carbonyl (C=O) groups excluding carboxylic acids is 1. The van der Waals surface area contributed by atoms with Gasteiger partial charge in [-0.15, -0.1) is 0 Å². The lowest BCUT2D eigenvalue weighted by atomic mass is 9.98. The van der Waals surface area contributed by atoms with E-state index in [4.69, 9.17) is 0 Å². The van der Waals surface area contributed by atoms with Crippen molar-refractivity contribution in [2.45, 2.75) is 19.8 Å². The highest BCUT2D eigenvalue weighted by atomic mass is 19.1. The number of carbonyl (C=O) groups is 1. The number of hydrogen-bond acceptors (Lipinski definition) is 2. The maximum absolute atomic E-state index is 13.6. The predicted molar refractivity (Wildman–Crippen MR) is 85.9 cm³/mol. The van der Waals surface area contributed by atoms with Crippen LogP contribution in [0.2, 0.25) is 0 Å². The zero-order valence-electron chi connectivity index (χ0n) is 13.0. The van der Waals surface area contributed by atoms with Crippen molar-refractivity contribution in [3.63, 3.8) is 0 Å². The van der Waals surface area contributed by atoms with Gasteiger partial charge in [0.25, 0.3) is 5.91 Å². The molecule has 23 heavy (non-hydrogen) atoms. The Morgan fingerprint density at radius 2 is 2.17 bits per heavy atom. The number of aromatic nitrogens is 1. The molecule has 120 valence electrons. The van der Waals surface area contributed by atoms with E-state index < -0.39 is 0 Å². The molecule has 3 rings (SSSR count). The third-order valence-electron chi connectivity index (χ3n) is 4.36. The van der Waals surface area contributed by atoms with E-state index in [1.54, 1.807) is 30.0 Å². The molecule has 1 amide bonds. The van der Waals surface area contributed by atoms with Crippen LogP contribution in [0.1, 0.15) is 27.9 Å². The monoisotopic (exact) mass is 314 g/mol. The molecule has 1 saturated heterocycles. The number of H-pyrrole nitrogens is 1. The summed E-state index contributed by atoms with van der Waals surface area (Å²) in [5, 5.41) is 0. The van der Waals surface area contributed by atoms with E-state index in [9.17, 15) is 14.0 Å². The fourth-order valence-electron chi connectivity index (χ4n) is 3.04. The van der Waals surface area contributed by atoms with Gasteiger partial charge in [0, 0.05) is 30.9 Å². The summed E-state index contributed by atoms with van der Waals surface area (Å²) < 4.78 is 13.6. The number of likely N-dealkylation sites (tertiary alicyclic amines) is 1. The second-order valence-corrected chi connectivity index (χ2v) is 6.14. The highest BCUT2D eigenvalue weighted by molar-refractivity contribution is 5.94. The summed E-state index contributed by atoms with van der Waals surface area (Å²) >= 11 is 0. The van der Waals surface area contributed by atoms with Crippen LogP contribution in [-0.4, -0.2) is 28.9 Å². The molecule has 1 fully saturated rings. The Bertz CT molecular complexity index is 785. The Labute approximate surface area is 134 Å². The first-order valence-corrected chi connectivity index (χ1v) is 7.76. The minimum Gasteiger partial charge on any atom is -0.338 e. The number of nitrogens with one attached hydrogen (secondary N) is 1. The van der Waals surface area contributed by atoms with Crippen LogP contribution >= 0.6 is 0 Å². The quantitative estimate of drug-likeness (QED) is 0.946. The van der Waals surface area contributed by atoms with Crippen LogP contribution < -0.4 is 5.56 Å². The summed E-state index contributed by atoms with van der Waals surface area (Å²) in [4.78, 5) is 28.0. The first-order chi connectivity index (χ1) is 11.0. The van der Waals surface area contributed by atoms with Crippen molar-refractivity contribution in [2.75, 3.05) is 13.1 Å². The lowest BCUT2D eigenvalue weighted by Gasteiger charge is -2.16. The lowest BCUT2D eigenvalue weighted by molar-refractivity contribution is 0.0787. The minimum absolute atomic E-state index is 0.117.